The van der Waals surface area contributed by atoms with E-state index in [1.807, 2.05) is 30.3 Å². The van der Waals surface area contributed by atoms with Crippen LogP contribution in [0, 0.1) is 11.3 Å². The summed E-state index contributed by atoms with van der Waals surface area (Å²) < 4.78 is 0. The molecule has 2 aromatic carbocycles. The SMILES string of the molecule is CC(=O)N(C(=O)/C(C#N)=C\Nc1cccc2cccnc12)c1ccc(N)cc1. The van der Waals surface area contributed by atoms with Gasteiger partial charge in [-0.3, -0.25) is 14.6 Å². The highest BCUT2D eigenvalue weighted by Gasteiger charge is 2.24. The van der Waals surface area contributed by atoms with Crippen molar-refractivity contribution in [2.45, 2.75) is 6.92 Å². The van der Waals surface area contributed by atoms with Crippen molar-refractivity contribution in [3.05, 3.63) is 72.6 Å². The van der Waals surface area contributed by atoms with E-state index in [0.717, 1.165) is 10.3 Å². The van der Waals surface area contributed by atoms with Crippen molar-refractivity contribution >= 4 is 39.8 Å². The number of nitriles is 1. The first-order chi connectivity index (χ1) is 13.5. The van der Waals surface area contributed by atoms with Crippen LogP contribution >= 0.6 is 0 Å². The van der Waals surface area contributed by atoms with E-state index in [4.69, 9.17) is 5.73 Å². The number of carbonyl (C=O) groups excluding carboxylic acids is 2. The van der Waals surface area contributed by atoms with Crippen LogP contribution in [-0.2, 0) is 9.59 Å². The van der Waals surface area contributed by atoms with Crippen LogP contribution in [-0.4, -0.2) is 16.8 Å². The van der Waals surface area contributed by atoms with Gasteiger partial charge in [-0.05, 0) is 36.4 Å². The molecular formula is C21H17N5O2. The molecule has 7 heteroatoms. The summed E-state index contributed by atoms with van der Waals surface area (Å²) in [4.78, 5) is 30.1. The zero-order valence-electron chi connectivity index (χ0n) is 15.1. The van der Waals surface area contributed by atoms with Crippen molar-refractivity contribution in [2.24, 2.45) is 0 Å². The number of imide groups is 1. The molecular weight excluding hydrogens is 354 g/mol. The molecule has 1 heterocycles. The van der Waals surface area contributed by atoms with Gasteiger partial charge < -0.3 is 11.1 Å². The van der Waals surface area contributed by atoms with E-state index in [-0.39, 0.29) is 5.57 Å². The number of carbonyl (C=O) groups is 2. The number of nitrogens with two attached hydrogens (primary N) is 1. The van der Waals surface area contributed by atoms with Crippen LogP contribution in [0.15, 0.2) is 72.6 Å². The van der Waals surface area contributed by atoms with E-state index < -0.39 is 11.8 Å². The number of rotatable bonds is 4. The number of nitrogens with zero attached hydrogens (tertiary/aromatic N) is 3. The third-order valence-electron chi connectivity index (χ3n) is 4.02. The number of fused-ring (bicyclic) bond motifs is 1. The van der Waals surface area contributed by atoms with E-state index in [9.17, 15) is 14.9 Å². The summed E-state index contributed by atoms with van der Waals surface area (Å²) in [5.41, 5.74) is 7.61. The van der Waals surface area contributed by atoms with Crippen LogP contribution < -0.4 is 16.0 Å². The van der Waals surface area contributed by atoms with E-state index in [1.54, 1.807) is 36.5 Å². The van der Waals surface area contributed by atoms with Gasteiger partial charge in [-0.15, -0.1) is 0 Å². The predicted molar refractivity (Wildman–Crippen MR) is 108 cm³/mol. The number of nitrogens with one attached hydrogen (secondary N) is 1. The molecule has 3 aromatic rings. The van der Waals surface area contributed by atoms with Crippen molar-refractivity contribution in [2.75, 3.05) is 16.0 Å². The Morgan fingerprint density at radius 1 is 1.14 bits per heavy atom. The van der Waals surface area contributed by atoms with Gasteiger partial charge >= 0.3 is 0 Å². The number of para-hydroxylation sites is 1. The minimum absolute atomic E-state index is 0.222. The van der Waals surface area contributed by atoms with Gasteiger partial charge in [0.15, 0.2) is 0 Å². The predicted octanol–water partition coefficient (Wildman–Crippen LogP) is 3.22. The second kappa shape index (κ2) is 8.01. The largest absolute Gasteiger partial charge is 0.399 e. The molecule has 3 N–H and O–H groups in total. The maximum atomic E-state index is 12.8. The molecule has 0 atom stereocenters. The molecule has 1 aromatic heterocycles. The third-order valence-corrected chi connectivity index (χ3v) is 4.02. The molecule has 0 fully saturated rings. The Morgan fingerprint density at radius 2 is 1.86 bits per heavy atom. The number of hydrogen-bond donors (Lipinski definition) is 2. The van der Waals surface area contributed by atoms with Crippen LogP contribution in [0.5, 0.6) is 0 Å². The number of benzene rings is 2. The van der Waals surface area contributed by atoms with Gasteiger partial charge in [0.05, 0.1) is 16.9 Å². The minimum atomic E-state index is -0.736. The monoisotopic (exact) mass is 371 g/mol. The van der Waals surface area contributed by atoms with Gasteiger partial charge in [0, 0.05) is 30.4 Å². The molecule has 2 amide bonds. The summed E-state index contributed by atoms with van der Waals surface area (Å²) in [5.74, 6) is -1.25. The lowest BCUT2D eigenvalue weighted by molar-refractivity contribution is -0.123. The molecule has 0 radical (unpaired) electrons. The molecule has 28 heavy (non-hydrogen) atoms. The Kier molecular flexibility index (Phi) is 5.33. The lowest BCUT2D eigenvalue weighted by Gasteiger charge is -2.19. The maximum Gasteiger partial charge on any atom is 0.277 e. The highest BCUT2D eigenvalue weighted by molar-refractivity contribution is 6.21. The Hall–Kier alpha value is -4.18. The van der Waals surface area contributed by atoms with E-state index >= 15 is 0 Å². The van der Waals surface area contributed by atoms with Gasteiger partial charge in [0.2, 0.25) is 5.91 Å². The van der Waals surface area contributed by atoms with Crippen LogP contribution in [0.4, 0.5) is 17.1 Å². The van der Waals surface area contributed by atoms with Gasteiger partial charge in [-0.1, -0.05) is 18.2 Å². The number of aromatic nitrogens is 1. The van der Waals surface area contributed by atoms with Gasteiger partial charge in [0.1, 0.15) is 11.6 Å². The first-order valence-corrected chi connectivity index (χ1v) is 8.42. The lowest BCUT2D eigenvalue weighted by atomic mass is 10.2. The molecule has 0 spiro atoms. The summed E-state index contributed by atoms with van der Waals surface area (Å²) in [6, 6.07) is 17.4. The van der Waals surface area contributed by atoms with Crippen LogP contribution in [0.3, 0.4) is 0 Å². The van der Waals surface area contributed by atoms with Crippen molar-refractivity contribution < 1.29 is 9.59 Å². The standard InChI is InChI=1S/C21H17N5O2/c1-14(27)26(18-9-7-17(23)8-10-18)21(28)16(12-22)13-25-19-6-2-4-15-5-3-11-24-20(15)19/h2-11,13,25H,23H2,1H3/b16-13-. The van der Waals surface area contributed by atoms with Crippen LogP contribution in [0.2, 0.25) is 0 Å². The molecule has 0 aliphatic rings. The summed E-state index contributed by atoms with van der Waals surface area (Å²) in [6.45, 7) is 1.26. The second-order valence-corrected chi connectivity index (χ2v) is 5.95. The van der Waals surface area contributed by atoms with E-state index in [1.165, 1.54) is 13.1 Å². The topological polar surface area (TPSA) is 112 Å². The Labute approximate surface area is 161 Å². The number of pyridine rings is 1. The Morgan fingerprint density at radius 3 is 2.54 bits per heavy atom. The van der Waals surface area contributed by atoms with E-state index in [2.05, 4.69) is 10.3 Å². The summed E-state index contributed by atoms with van der Waals surface area (Å²) in [7, 11) is 0. The zero-order chi connectivity index (χ0) is 20.1. The molecule has 7 nitrogen and oxygen atoms in total. The van der Waals surface area contributed by atoms with Crippen LogP contribution in [0.1, 0.15) is 6.92 Å². The summed E-state index contributed by atoms with van der Waals surface area (Å²) >= 11 is 0. The molecule has 0 aliphatic carbocycles. The van der Waals surface area contributed by atoms with E-state index in [0.29, 0.717) is 22.6 Å². The first-order valence-electron chi connectivity index (χ1n) is 8.42. The minimum Gasteiger partial charge on any atom is -0.399 e. The Bertz CT molecular complexity index is 1110. The molecule has 0 unspecified atom stereocenters. The smallest absolute Gasteiger partial charge is 0.277 e. The lowest BCUT2D eigenvalue weighted by Crippen LogP contribution is -2.36. The molecule has 0 saturated carbocycles. The second-order valence-electron chi connectivity index (χ2n) is 5.95. The highest BCUT2D eigenvalue weighted by Crippen LogP contribution is 2.22. The fourth-order valence-corrected chi connectivity index (χ4v) is 2.70. The maximum absolute atomic E-state index is 12.8. The van der Waals surface area contributed by atoms with Crippen molar-refractivity contribution in [1.29, 1.82) is 5.26 Å². The average Bonchev–Trinajstić information content (AvgIpc) is 2.70. The van der Waals surface area contributed by atoms with Crippen molar-refractivity contribution in [3.63, 3.8) is 0 Å². The number of nitrogen functional groups attached to an aromatic ring is 1. The number of hydrogen-bond acceptors (Lipinski definition) is 6. The Balaban J connectivity index is 1.92. The van der Waals surface area contributed by atoms with Gasteiger partial charge in [0.25, 0.3) is 5.91 Å². The van der Waals surface area contributed by atoms with Crippen molar-refractivity contribution in [1.82, 2.24) is 4.98 Å². The third kappa shape index (κ3) is 3.81. The van der Waals surface area contributed by atoms with Gasteiger partial charge in [-0.2, -0.15) is 5.26 Å². The zero-order valence-corrected chi connectivity index (χ0v) is 15.1. The molecule has 138 valence electrons. The highest BCUT2D eigenvalue weighted by atomic mass is 16.2. The van der Waals surface area contributed by atoms with Crippen molar-refractivity contribution in [3.8, 4) is 6.07 Å². The fraction of sp³-hybridized carbons (Fsp3) is 0.0476. The van der Waals surface area contributed by atoms with Gasteiger partial charge in [-0.25, -0.2) is 4.90 Å². The number of anilines is 3. The first kappa shape index (κ1) is 18.6. The number of amides is 2. The van der Waals surface area contributed by atoms with Crippen LogP contribution in [0.25, 0.3) is 10.9 Å². The fourth-order valence-electron chi connectivity index (χ4n) is 2.70. The molecule has 0 bridgehead atoms. The average molecular weight is 371 g/mol. The summed E-state index contributed by atoms with van der Waals surface area (Å²) in [5, 5.41) is 13.3. The quantitative estimate of drug-likeness (QED) is 0.414. The molecule has 0 saturated heterocycles. The molecule has 0 aliphatic heterocycles. The molecule has 3 rings (SSSR count). The summed E-state index contributed by atoms with van der Waals surface area (Å²) in [6.07, 6.45) is 2.94. The normalized spacial score (nSPS) is 10.9.